The molecule has 0 heterocycles. The van der Waals surface area contributed by atoms with Crippen LogP contribution in [0.25, 0.3) is 0 Å². The SMILES string of the molecule is C#CC(O)CC1C=CC=CC1. The van der Waals surface area contributed by atoms with Gasteiger partial charge in [0, 0.05) is 0 Å². The van der Waals surface area contributed by atoms with Gasteiger partial charge in [-0.05, 0) is 18.8 Å². The van der Waals surface area contributed by atoms with Crippen LogP contribution in [0.2, 0.25) is 0 Å². The first-order chi connectivity index (χ1) is 5.33. The molecule has 0 spiro atoms. The summed E-state index contributed by atoms with van der Waals surface area (Å²) in [5.41, 5.74) is 0. The molecule has 0 amide bonds. The Bertz CT molecular complexity index is 207. The fraction of sp³-hybridized carbons (Fsp3) is 0.400. The van der Waals surface area contributed by atoms with Crippen LogP contribution in [0.15, 0.2) is 24.3 Å². The van der Waals surface area contributed by atoms with Crippen molar-refractivity contribution in [2.45, 2.75) is 18.9 Å². The second kappa shape index (κ2) is 4.00. The molecule has 1 nitrogen and oxygen atoms in total. The zero-order chi connectivity index (χ0) is 8.10. The Hall–Kier alpha value is -1.00. The number of terminal acetylenes is 1. The van der Waals surface area contributed by atoms with E-state index < -0.39 is 6.10 Å². The largest absolute Gasteiger partial charge is 0.380 e. The standard InChI is InChI=1S/C10H12O/c1-2-10(11)8-9-6-4-3-5-7-9/h1,3-6,9-11H,7-8H2. The van der Waals surface area contributed by atoms with Crippen LogP contribution in [-0.2, 0) is 0 Å². The molecule has 1 rings (SSSR count). The molecule has 0 aromatic heterocycles. The summed E-state index contributed by atoms with van der Waals surface area (Å²) < 4.78 is 0. The summed E-state index contributed by atoms with van der Waals surface area (Å²) in [5, 5.41) is 9.12. The van der Waals surface area contributed by atoms with Gasteiger partial charge in [0.2, 0.25) is 0 Å². The van der Waals surface area contributed by atoms with Crippen molar-refractivity contribution < 1.29 is 5.11 Å². The van der Waals surface area contributed by atoms with Gasteiger partial charge in [0.1, 0.15) is 6.10 Å². The molecule has 2 unspecified atom stereocenters. The van der Waals surface area contributed by atoms with E-state index >= 15 is 0 Å². The molecular weight excluding hydrogens is 136 g/mol. The van der Waals surface area contributed by atoms with Crippen molar-refractivity contribution in [3.63, 3.8) is 0 Å². The second-order valence-electron chi connectivity index (χ2n) is 2.73. The summed E-state index contributed by atoms with van der Waals surface area (Å²) >= 11 is 0. The quantitative estimate of drug-likeness (QED) is 0.588. The molecule has 0 saturated heterocycles. The lowest BCUT2D eigenvalue weighted by Gasteiger charge is -2.13. The highest BCUT2D eigenvalue weighted by Gasteiger charge is 2.09. The lowest BCUT2D eigenvalue weighted by Crippen LogP contribution is -2.10. The molecule has 1 aliphatic carbocycles. The molecule has 0 radical (unpaired) electrons. The average Bonchev–Trinajstić information content (AvgIpc) is 2.06. The fourth-order valence-electron chi connectivity index (χ4n) is 1.16. The monoisotopic (exact) mass is 148 g/mol. The van der Waals surface area contributed by atoms with Crippen molar-refractivity contribution in [2.75, 3.05) is 0 Å². The van der Waals surface area contributed by atoms with Gasteiger partial charge in [-0.15, -0.1) is 6.42 Å². The van der Waals surface area contributed by atoms with Crippen LogP contribution in [0, 0.1) is 18.3 Å². The molecule has 0 fully saturated rings. The summed E-state index contributed by atoms with van der Waals surface area (Å²) in [6.45, 7) is 0. The summed E-state index contributed by atoms with van der Waals surface area (Å²) in [6, 6.07) is 0. The number of allylic oxidation sites excluding steroid dienone is 4. The summed E-state index contributed by atoms with van der Waals surface area (Å²) in [5.74, 6) is 2.73. The topological polar surface area (TPSA) is 20.2 Å². The molecule has 58 valence electrons. The first-order valence-corrected chi connectivity index (χ1v) is 3.80. The van der Waals surface area contributed by atoms with Gasteiger partial charge in [0.25, 0.3) is 0 Å². The highest BCUT2D eigenvalue weighted by atomic mass is 16.3. The Morgan fingerprint density at radius 2 is 2.45 bits per heavy atom. The molecule has 0 aliphatic heterocycles. The Morgan fingerprint density at radius 1 is 1.64 bits per heavy atom. The molecule has 11 heavy (non-hydrogen) atoms. The van der Waals surface area contributed by atoms with E-state index in [4.69, 9.17) is 11.5 Å². The number of rotatable bonds is 2. The van der Waals surface area contributed by atoms with Crippen LogP contribution in [0.4, 0.5) is 0 Å². The third-order valence-electron chi connectivity index (χ3n) is 1.79. The van der Waals surface area contributed by atoms with Gasteiger partial charge in [0.05, 0.1) is 0 Å². The van der Waals surface area contributed by atoms with E-state index in [1.165, 1.54) is 0 Å². The summed E-state index contributed by atoms with van der Waals surface area (Å²) in [6.07, 6.45) is 14.3. The Kier molecular flexibility index (Phi) is 2.95. The normalized spacial score (nSPS) is 24.5. The lowest BCUT2D eigenvalue weighted by molar-refractivity contribution is 0.206. The van der Waals surface area contributed by atoms with Crippen LogP contribution in [0.1, 0.15) is 12.8 Å². The van der Waals surface area contributed by atoms with Gasteiger partial charge in [-0.3, -0.25) is 0 Å². The van der Waals surface area contributed by atoms with E-state index in [1.807, 2.05) is 12.2 Å². The predicted octanol–water partition coefficient (Wildman–Crippen LogP) is 1.50. The maximum atomic E-state index is 9.12. The van der Waals surface area contributed by atoms with Gasteiger partial charge < -0.3 is 5.11 Å². The smallest absolute Gasteiger partial charge is 0.115 e. The van der Waals surface area contributed by atoms with Crippen LogP contribution < -0.4 is 0 Å². The van der Waals surface area contributed by atoms with Crippen molar-refractivity contribution in [3.8, 4) is 12.3 Å². The van der Waals surface area contributed by atoms with Crippen molar-refractivity contribution in [1.29, 1.82) is 0 Å². The average molecular weight is 148 g/mol. The van der Waals surface area contributed by atoms with Gasteiger partial charge in [-0.1, -0.05) is 30.2 Å². The maximum Gasteiger partial charge on any atom is 0.115 e. The van der Waals surface area contributed by atoms with Crippen molar-refractivity contribution in [1.82, 2.24) is 0 Å². The number of aliphatic hydroxyl groups excluding tert-OH is 1. The number of aliphatic hydroxyl groups is 1. The molecule has 0 aromatic rings. The van der Waals surface area contributed by atoms with Crippen LogP contribution >= 0.6 is 0 Å². The summed E-state index contributed by atoms with van der Waals surface area (Å²) in [7, 11) is 0. The van der Waals surface area contributed by atoms with Crippen molar-refractivity contribution >= 4 is 0 Å². The van der Waals surface area contributed by atoms with Crippen molar-refractivity contribution in [3.05, 3.63) is 24.3 Å². The van der Waals surface area contributed by atoms with Crippen LogP contribution in [0.5, 0.6) is 0 Å². The Morgan fingerprint density at radius 3 is 3.00 bits per heavy atom. The van der Waals surface area contributed by atoms with E-state index in [2.05, 4.69) is 18.1 Å². The molecule has 2 atom stereocenters. The molecule has 0 aromatic carbocycles. The molecule has 0 bridgehead atoms. The predicted molar refractivity (Wildman–Crippen MR) is 45.8 cm³/mol. The number of hydrogen-bond acceptors (Lipinski definition) is 1. The van der Waals surface area contributed by atoms with Gasteiger partial charge >= 0.3 is 0 Å². The van der Waals surface area contributed by atoms with E-state index in [1.54, 1.807) is 0 Å². The van der Waals surface area contributed by atoms with Crippen LogP contribution in [0.3, 0.4) is 0 Å². The van der Waals surface area contributed by atoms with Gasteiger partial charge in [0.15, 0.2) is 0 Å². The number of hydrogen-bond donors (Lipinski definition) is 1. The Labute approximate surface area is 67.4 Å². The molecular formula is C10H12O. The maximum absolute atomic E-state index is 9.12. The van der Waals surface area contributed by atoms with E-state index in [9.17, 15) is 0 Å². The second-order valence-corrected chi connectivity index (χ2v) is 2.73. The van der Waals surface area contributed by atoms with E-state index in [0.717, 1.165) is 6.42 Å². The zero-order valence-corrected chi connectivity index (χ0v) is 6.40. The third-order valence-corrected chi connectivity index (χ3v) is 1.79. The van der Waals surface area contributed by atoms with Gasteiger partial charge in [-0.25, -0.2) is 0 Å². The minimum atomic E-state index is -0.587. The van der Waals surface area contributed by atoms with Crippen LogP contribution in [-0.4, -0.2) is 11.2 Å². The fourth-order valence-corrected chi connectivity index (χ4v) is 1.16. The lowest BCUT2D eigenvalue weighted by atomic mass is 9.95. The molecule has 1 aliphatic rings. The van der Waals surface area contributed by atoms with Crippen molar-refractivity contribution in [2.24, 2.45) is 5.92 Å². The highest BCUT2D eigenvalue weighted by Crippen LogP contribution is 2.16. The van der Waals surface area contributed by atoms with E-state index in [0.29, 0.717) is 12.3 Å². The first-order valence-electron chi connectivity index (χ1n) is 3.80. The van der Waals surface area contributed by atoms with E-state index in [-0.39, 0.29) is 0 Å². The first kappa shape index (κ1) is 8.10. The van der Waals surface area contributed by atoms with Gasteiger partial charge in [-0.2, -0.15) is 0 Å². The molecule has 1 N–H and O–H groups in total. The minimum Gasteiger partial charge on any atom is -0.380 e. The minimum absolute atomic E-state index is 0.422. The third kappa shape index (κ3) is 2.61. The Balaban J connectivity index is 2.34. The highest BCUT2D eigenvalue weighted by molar-refractivity contribution is 5.12. The zero-order valence-electron chi connectivity index (χ0n) is 6.40. The molecule has 1 heteroatoms. The summed E-state index contributed by atoms with van der Waals surface area (Å²) in [4.78, 5) is 0. The molecule has 0 saturated carbocycles.